The first-order valence-corrected chi connectivity index (χ1v) is 8.19. The number of hydrogen-bond acceptors (Lipinski definition) is 5. The van der Waals surface area contributed by atoms with Crippen LogP contribution < -0.4 is 0 Å². The molecule has 0 bridgehead atoms. The summed E-state index contributed by atoms with van der Waals surface area (Å²) >= 11 is 1.50. The van der Waals surface area contributed by atoms with Crippen LogP contribution in [0.2, 0.25) is 0 Å². The van der Waals surface area contributed by atoms with Crippen LogP contribution in [0.4, 0.5) is 0 Å². The van der Waals surface area contributed by atoms with Gasteiger partial charge < -0.3 is 9.64 Å². The molecule has 1 aliphatic heterocycles. The number of carbonyl (C=O) groups excluding carboxylic acids is 1. The SMILES string of the molecule is Cc1csc(C(=O)N2CCOC(c3cc(C)nc(C)n3)C2)c1. The summed E-state index contributed by atoms with van der Waals surface area (Å²) in [5.41, 5.74) is 2.90. The number of thiophene rings is 1. The number of morpholine rings is 1. The maximum absolute atomic E-state index is 12.6. The fourth-order valence-corrected chi connectivity index (χ4v) is 3.49. The van der Waals surface area contributed by atoms with Gasteiger partial charge in [0.15, 0.2) is 0 Å². The molecule has 1 saturated heterocycles. The number of aromatic nitrogens is 2. The minimum atomic E-state index is -0.181. The molecule has 1 atom stereocenters. The fourth-order valence-electron chi connectivity index (χ4n) is 2.62. The third-order valence-corrected chi connectivity index (χ3v) is 4.65. The summed E-state index contributed by atoms with van der Waals surface area (Å²) in [6.45, 7) is 7.50. The monoisotopic (exact) mass is 317 g/mol. The second-order valence-electron chi connectivity index (χ2n) is 5.58. The smallest absolute Gasteiger partial charge is 0.264 e. The van der Waals surface area contributed by atoms with E-state index in [1.54, 1.807) is 0 Å². The highest BCUT2D eigenvalue weighted by Crippen LogP contribution is 2.24. The van der Waals surface area contributed by atoms with Crippen LogP contribution in [-0.2, 0) is 4.74 Å². The Labute approximate surface area is 134 Å². The standard InChI is InChI=1S/C16H19N3O2S/c1-10-6-15(22-9-10)16(20)19-4-5-21-14(8-19)13-7-11(2)17-12(3)18-13/h6-7,9,14H,4-5,8H2,1-3H3. The van der Waals surface area contributed by atoms with Gasteiger partial charge in [0.25, 0.3) is 5.91 Å². The van der Waals surface area contributed by atoms with Gasteiger partial charge in [-0.1, -0.05) is 0 Å². The van der Waals surface area contributed by atoms with Crippen molar-refractivity contribution in [2.45, 2.75) is 26.9 Å². The molecule has 22 heavy (non-hydrogen) atoms. The Morgan fingerprint density at radius 3 is 2.82 bits per heavy atom. The lowest BCUT2D eigenvalue weighted by molar-refractivity contribution is -0.0247. The minimum absolute atomic E-state index is 0.0777. The van der Waals surface area contributed by atoms with Gasteiger partial charge in [-0.15, -0.1) is 11.3 Å². The first-order chi connectivity index (χ1) is 10.5. The van der Waals surface area contributed by atoms with E-state index in [-0.39, 0.29) is 12.0 Å². The summed E-state index contributed by atoms with van der Waals surface area (Å²) in [5.74, 6) is 0.810. The molecule has 1 unspecified atom stereocenters. The molecule has 6 heteroatoms. The lowest BCUT2D eigenvalue weighted by Crippen LogP contribution is -2.42. The van der Waals surface area contributed by atoms with Crippen molar-refractivity contribution in [2.24, 2.45) is 0 Å². The third-order valence-electron chi connectivity index (χ3n) is 3.61. The second kappa shape index (κ2) is 6.14. The van der Waals surface area contributed by atoms with Crippen molar-refractivity contribution in [1.82, 2.24) is 14.9 Å². The molecule has 0 aromatic carbocycles. The van der Waals surface area contributed by atoms with Gasteiger partial charge in [0, 0.05) is 12.2 Å². The van der Waals surface area contributed by atoms with Crippen molar-refractivity contribution in [3.8, 4) is 0 Å². The van der Waals surface area contributed by atoms with E-state index < -0.39 is 0 Å². The summed E-state index contributed by atoms with van der Waals surface area (Å²) in [5, 5.41) is 2.00. The number of carbonyl (C=O) groups is 1. The largest absolute Gasteiger partial charge is 0.368 e. The Morgan fingerprint density at radius 2 is 2.14 bits per heavy atom. The Kier molecular flexibility index (Phi) is 4.22. The number of rotatable bonds is 2. The Hall–Kier alpha value is -1.79. The van der Waals surface area contributed by atoms with Crippen molar-refractivity contribution in [2.75, 3.05) is 19.7 Å². The highest BCUT2D eigenvalue weighted by atomic mass is 32.1. The minimum Gasteiger partial charge on any atom is -0.368 e. The topological polar surface area (TPSA) is 55.3 Å². The van der Waals surface area contributed by atoms with E-state index >= 15 is 0 Å². The van der Waals surface area contributed by atoms with Crippen LogP contribution in [0.25, 0.3) is 0 Å². The number of nitrogens with zero attached hydrogens (tertiary/aromatic N) is 3. The molecule has 5 nitrogen and oxygen atoms in total. The first kappa shape index (κ1) is 15.1. The van der Waals surface area contributed by atoms with Gasteiger partial charge in [-0.05, 0) is 43.8 Å². The average molecular weight is 317 g/mol. The van der Waals surface area contributed by atoms with E-state index in [2.05, 4.69) is 9.97 Å². The van der Waals surface area contributed by atoms with Crippen LogP contribution >= 0.6 is 11.3 Å². The van der Waals surface area contributed by atoms with Crippen LogP contribution in [0, 0.1) is 20.8 Å². The third kappa shape index (κ3) is 3.18. The van der Waals surface area contributed by atoms with Crippen molar-refractivity contribution in [3.05, 3.63) is 45.2 Å². The molecule has 0 spiro atoms. The second-order valence-corrected chi connectivity index (χ2v) is 6.49. The zero-order chi connectivity index (χ0) is 15.7. The number of aryl methyl sites for hydroxylation is 3. The van der Waals surface area contributed by atoms with E-state index in [9.17, 15) is 4.79 Å². The van der Waals surface area contributed by atoms with Crippen molar-refractivity contribution in [3.63, 3.8) is 0 Å². The van der Waals surface area contributed by atoms with Gasteiger partial charge in [0.05, 0.1) is 23.7 Å². The molecule has 1 aliphatic rings. The van der Waals surface area contributed by atoms with Crippen molar-refractivity contribution in [1.29, 1.82) is 0 Å². The maximum Gasteiger partial charge on any atom is 0.264 e. The predicted molar refractivity (Wildman–Crippen MR) is 85.2 cm³/mol. The predicted octanol–water partition coefficient (Wildman–Crippen LogP) is 2.68. The van der Waals surface area contributed by atoms with Gasteiger partial charge >= 0.3 is 0 Å². The zero-order valence-electron chi connectivity index (χ0n) is 13.0. The zero-order valence-corrected chi connectivity index (χ0v) is 13.8. The van der Waals surface area contributed by atoms with Crippen LogP contribution in [-0.4, -0.2) is 40.5 Å². The summed E-state index contributed by atoms with van der Waals surface area (Å²) in [4.78, 5) is 24.0. The number of amides is 1. The lowest BCUT2D eigenvalue weighted by Gasteiger charge is -2.32. The van der Waals surface area contributed by atoms with Crippen molar-refractivity contribution >= 4 is 17.2 Å². The molecule has 2 aromatic rings. The quantitative estimate of drug-likeness (QED) is 0.854. The molecule has 3 rings (SSSR count). The average Bonchev–Trinajstić information content (AvgIpc) is 2.92. The van der Waals surface area contributed by atoms with E-state index in [0.29, 0.717) is 19.7 Å². The van der Waals surface area contributed by atoms with Gasteiger partial charge in [-0.3, -0.25) is 4.79 Å². The highest BCUT2D eigenvalue weighted by Gasteiger charge is 2.27. The molecule has 3 heterocycles. The molecule has 2 aromatic heterocycles. The van der Waals surface area contributed by atoms with Gasteiger partial charge in [-0.2, -0.15) is 0 Å². The van der Waals surface area contributed by atoms with Gasteiger partial charge in [0.1, 0.15) is 11.9 Å². The van der Waals surface area contributed by atoms with E-state index in [0.717, 1.165) is 27.7 Å². The van der Waals surface area contributed by atoms with Crippen LogP contribution in [0.1, 0.15) is 38.6 Å². The first-order valence-electron chi connectivity index (χ1n) is 7.31. The fraction of sp³-hybridized carbons (Fsp3) is 0.438. The normalized spacial score (nSPS) is 18.5. The number of hydrogen-bond donors (Lipinski definition) is 0. The Balaban J connectivity index is 1.78. The molecule has 0 aliphatic carbocycles. The van der Waals surface area contributed by atoms with E-state index in [4.69, 9.17) is 4.74 Å². The van der Waals surface area contributed by atoms with E-state index in [1.165, 1.54) is 11.3 Å². The van der Waals surface area contributed by atoms with E-state index in [1.807, 2.05) is 43.2 Å². The lowest BCUT2D eigenvalue weighted by atomic mass is 10.1. The van der Waals surface area contributed by atoms with Crippen LogP contribution in [0.5, 0.6) is 0 Å². The molecule has 0 N–H and O–H groups in total. The summed E-state index contributed by atoms with van der Waals surface area (Å²) < 4.78 is 5.81. The molecule has 0 saturated carbocycles. The molecule has 116 valence electrons. The highest BCUT2D eigenvalue weighted by molar-refractivity contribution is 7.12. The number of ether oxygens (including phenoxy) is 1. The Morgan fingerprint density at radius 1 is 1.32 bits per heavy atom. The summed E-state index contributed by atoms with van der Waals surface area (Å²) in [6, 6.07) is 3.87. The van der Waals surface area contributed by atoms with Gasteiger partial charge in [0.2, 0.25) is 0 Å². The summed E-state index contributed by atoms with van der Waals surface area (Å²) in [7, 11) is 0. The Bertz CT molecular complexity index is 678. The van der Waals surface area contributed by atoms with Crippen LogP contribution in [0.3, 0.4) is 0 Å². The van der Waals surface area contributed by atoms with Crippen LogP contribution in [0.15, 0.2) is 17.5 Å². The molecule has 0 radical (unpaired) electrons. The van der Waals surface area contributed by atoms with Crippen molar-refractivity contribution < 1.29 is 9.53 Å². The molecule has 1 amide bonds. The molecule has 1 fully saturated rings. The maximum atomic E-state index is 12.6. The van der Waals surface area contributed by atoms with Gasteiger partial charge in [-0.25, -0.2) is 9.97 Å². The molecular formula is C16H19N3O2S. The summed E-state index contributed by atoms with van der Waals surface area (Å²) in [6.07, 6.45) is -0.181. The molecular weight excluding hydrogens is 298 g/mol.